The number of carboxylic acid groups (broad SMARTS) is 1. The van der Waals surface area contributed by atoms with Crippen LogP contribution in [0.2, 0.25) is 5.15 Å². The van der Waals surface area contributed by atoms with Crippen molar-refractivity contribution in [1.29, 1.82) is 0 Å². The number of rotatable bonds is 5. The molecular weight excluding hydrogens is 284 g/mol. The van der Waals surface area contributed by atoms with E-state index in [-0.39, 0.29) is 10.3 Å². The molecule has 1 aliphatic rings. The second-order valence-corrected chi connectivity index (χ2v) is 6.44. The third-order valence-corrected chi connectivity index (χ3v) is 5.25. The first kappa shape index (κ1) is 14.5. The number of aromatic nitrogens is 1. The molecule has 1 aromatic rings. The van der Waals surface area contributed by atoms with E-state index in [1.54, 1.807) is 0 Å². The number of thioether (sulfide) groups is 1. The van der Waals surface area contributed by atoms with E-state index in [0.29, 0.717) is 11.0 Å². The molecule has 0 aromatic carbocycles. The highest BCUT2D eigenvalue weighted by atomic mass is 35.5. The molecule has 1 aromatic heterocycles. The summed E-state index contributed by atoms with van der Waals surface area (Å²) in [6.45, 7) is 0.724. The molecule has 0 bridgehead atoms. The first-order chi connectivity index (χ1) is 9.06. The molecule has 0 amide bonds. The predicted molar refractivity (Wildman–Crippen MR) is 79.4 cm³/mol. The van der Waals surface area contributed by atoms with Crippen LogP contribution in [0.1, 0.15) is 36.0 Å². The number of halogens is 1. The fourth-order valence-electron chi connectivity index (χ4n) is 2.46. The molecule has 19 heavy (non-hydrogen) atoms. The second kappa shape index (κ2) is 6.01. The van der Waals surface area contributed by atoms with Crippen LogP contribution < -0.4 is 5.32 Å². The number of aromatic carboxylic acids is 1. The van der Waals surface area contributed by atoms with Gasteiger partial charge in [-0.25, -0.2) is 9.78 Å². The standard InChI is InChI=1S/C13H17ClN2O2S/c1-19-13(6-2-3-7-13)8-15-11-9(12(17)18)4-5-10(14)16-11/h4-5H,2-3,6-8H2,1H3,(H,15,16)(H,17,18). The average Bonchev–Trinajstić information content (AvgIpc) is 2.85. The lowest BCUT2D eigenvalue weighted by molar-refractivity contribution is 0.0697. The Bertz CT molecular complexity index is 476. The van der Waals surface area contributed by atoms with Gasteiger partial charge in [0.2, 0.25) is 0 Å². The lowest BCUT2D eigenvalue weighted by Crippen LogP contribution is -2.30. The van der Waals surface area contributed by atoms with Gasteiger partial charge in [-0.1, -0.05) is 24.4 Å². The Balaban J connectivity index is 2.14. The molecule has 0 atom stereocenters. The van der Waals surface area contributed by atoms with Gasteiger partial charge in [0.25, 0.3) is 0 Å². The van der Waals surface area contributed by atoms with Gasteiger partial charge in [-0.05, 0) is 31.2 Å². The highest BCUT2D eigenvalue weighted by Gasteiger charge is 2.33. The Morgan fingerprint density at radius 1 is 1.53 bits per heavy atom. The summed E-state index contributed by atoms with van der Waals surface area (Å²) in [4.78, 5) is 15.2. The summed E-state index contributed by atoms with van der Waals surface area (Å²) < 4.78 is 0.194. The van der Waals surface area contributed by atoms with Crippen molar-refractivity contribution in [3.8, 4) is 0 Å². The Hall–Kier alpha value is -0.940. The maximum atomic E-state index is 11.2. The lowest BCUT2D eigenvalue weighted by atomic mass is 10.1. The number of carbonyl (C=O) groups is 1. The molecule has 104 valence electrons. The zero-order chi connectivity index (χ0) is 13.9. The molecule has 0 radical (unpaired) electrons. The Labute approximate surface area is 121 Å². The number of pyridine rings is 1. The monoisotopic (exact) mass is 300 g/mol. The minimum absolute atomic E-state index is 0.165. The van der Waals surface area contributed by atoms with E-state index >= 15 is 0 Å². The van der Waals surface area contributed by atoms with E-state index in [1.165, 1.54) is 25.0 Å². The summed E-state index contributed by atoms with van der Waals surface area (Å²) in [7, 11) is 0. The van der Waals surface area contributed by atoms with Crippen molar-refractivity contribution in [2.45, 2.75) is 30.4 Å². The van der Waals surface area contributed by atoms with Crippen LogP contribution in [0.15, 0.2) is 12.1 Å². The van der Waals surface area contributed by atoms with Gasteiger partial charge in [-0.2, -0.15) is 11.8 Å². The van der Waals surface area contributed by atoms with E-state index < -0.39 is 5.97 Å². The molecule has 2 rings (SSSR count). The van der Waals surface area contributed by atoms with Gasteiger partial charge in [0.1, 0.15) is 16.5 Å². The van der Waals surface area contributed by atoms with Crippen molar-refractivity contribution >= 4 is 35.1 Å². The molecule has 2 N–H and O–H groups in total. The molecule has 1 fully saturated rings. The fourth-order valence-corrected chi connectivity index (χ4v) is 3.52. The summed E-state index contributed by atoms with van der Waals surface area (Å²) in [5, 5.41) is 12.6. The number of hydrogen-bond acceptors (Lipinski definition) is 4. The second-order valence-electron chi connectivity index (χ2n) is 4.78. The van der Waals surface area contributed by atoms with Crippen molar-refractivity contribution in [1.82, 2.24) is 4.98 Å². The quantitative estimate of drug-likeness (QED) is 0.815. The summed E-state index contributed by atoms with van der Waals surface area (Å²) in [5.74, 6) is -0.628. The molecule has 1 saturated carbocycles. The van der Waals surface area contributed by atoms with Gasteiger partial charge < -0.3 is 10.4 Å². The van der Waals surface area contributed by atoms with Gasteiger partial charge in [-0.15, -0.1) is 0 Å². The van der Waals surface area contributed by atoms with Gasteiger partial charge in [0.05, 0.1) is 0 Å². The SMILES string of the molecule is CSC1(CNc2nc(Cl)ccc2C(=O)O)CCCC1. The number of nitrogens with zero attached hydrogens (tertiary/aromatic N) is 1. The highest BCUT2D eigenvalue weighted by molar-refractivity contribution is 8.00. The number of carboxylic acids is 1. The summed E-state index contributed by atoms with van der Waals surface area (Å²) >= 11 is 7.68. The van der Waals surface area contributed by atoms with E-state index in [2.05, 4.69) is 16.6 Å². The van der Waals surface area contributed by atoms with Crippen LogP contribution in [-0.4, -0.2) is 33.6 Å². The molecule has 0 unspecified atom stereocenters. The Morgan fingerprint density at radius 2 is 2.21 bits per heavy atom. The number of anilines is 1. The van der Waals surface area contributed by atoms with E-state index in [1.807, 2.05) is 11.8 Å². The predicted octanol–water partition coefficient (Wildman–Crippen LogP) is 3.52. The van der Waals surface area contributed by atoms with Gasteiger partial charge >= 0.3 is 5.97 Å². The highest BCUT2D eigenvalue weighted by Crippen LogP contribution is 2.40. The summed E-state index contributed by atoms with van der Waals surface area (Å²) in [5.41, 5.74) is 0.165. The van der Waals surface area contributed by atoms with Crippen LogP contribution in [0.25, 0.3) is 0 Å². The van der Waals surface area contributed by atoms with Crippen molar-refractivity contribution in [2.24, 2.45) is 0 Å². The zero-order valence-corrected chi connectivity index (χ0v) is 12.4. The molecular formula is C13H17ClN2O2S. The Kier molecular flexibility index (Phi) is 4.58. The summed E-state index contributed by atoms with van der Waals surface area (Å²) in [6.07, 6.45) is 6.89. The van der Waals surface area contributed by atoms with Gasteiger partial charge in [-0.3, -0.25) is 0 Å². The van der Waals surface area contributed by atoms with Crippen LogP contribution in [-0.2, 0) is 0 Å². The smallest absolute Gasteiger partial charge is 0.339 e. The first-order valence-electron chi connectivity index (χ1n) is 6.25. The molecule has 1 aliphatic carbocycles. The minimum Gasteiger partial charge on any atom is -0.478 e. The van der Waals surface area contributed by atoms with Gasteiger partial charge in [0, 0.05) is 11.3 Å². The lowest BCUT2D eigenvalue weighted by Gasteiger charge is -2.27. The molecule has 0 spiro atoms. The van der Waals surface area contributed by atoms with Crippen LogP contribution in [0.4, 0.5) is 5.82 Å². The minimum atomic E-state index is -0.990. The van der Waals surface area contributed by atoms with Crippen molar-refractivity contribution < 1.29 is 9.90 Å². The normalized spacial score (nSPS) is 17.4. The first-order valence-corrected chi connectivity index (χ1v) is 7.85. The van der Waals surface area contributed by atoms with Gasteiger partial charge in [0.15, 0.2) is 0 Å². The summed E-state index contributed by atoms with van der Waals surface area (Å²) in [6, 6.07) is 2.98. The Morgan fingerprint density at radius 3 is 2.79 bits per heavy atom. The number of hydrogen-bond donors (Lipinski definition) is 2. The third kappa shape index (κ3) is 3.34. The molecule has 1 heterocycles. The molecule has 4 nitrogen and oxygen atoms in total. The van der Waals surface area contributed by atoms with E-state index in [0.717, 1.165) is 19.4 Å². The fraction of sp³-hybridized carbons (Fsp3) is 0.538. The maximum absolute atomic E-state index is 11.2. The van der Waals surface area contributed by atoms with Crippen LogP contribution in [0, 0.1) is 0 Å². The molecule has 0 saturated heterocycles. The van der Waals surface area contributed by atoms with E-state index in [4.69, 9.17) is 16.7 Å². The van der Waals surface area contributed by atoms with Crippen molar-refractivity contribution in [3.05, 3.63) is 22.8 Å². The third-order valence-electron chi connectivity index (χ3n) is 3.62. The molecule has 6 heteroatoms. The van der Waals surface area contributed by atoms with Crippen LogP contribution >= 0.6 is 23.4 Å². The largest absolute Gasteiger partial charge is 0.478 e. The van der Waals surface area contributed by atoms with E-state index in [9.17, 15) is 4.79 Å². The molecule has 0 aliphatic heterocycles. The topological polar surface area (TPSA) is 62.2 Å². The van der Waals surface area contributed by atoms with Crippen LogP contribution in [0.5, 0.6) is 0 Å². The average molecular weight is 301 g/mol. The number of nitrogens with one attached hydrogen (secondary N) is 1. The maximum Gasteiger partial charge on any atom is 0.339 e. The zero-order valence-electron chi connectivity index (χ0n) is 10.8. The van der Waals surface area contributed by atoms with Crippen LogP contribution in [0.3, 0.4) is 0 Å². The van der Waals surface area contributed by atoms with Crippen molar-refractivity contribution in [2.75, 3.05) is 18.1 Å². The van der Waals surface area contributed by atoms with Crippen molar-refractivity contribution in [3.63, 3.8) is 0 Å².